The maximum absolute atomic E-state index is 11.1. The maximum atomic E-state index is 11.1. The molecule has 2 aromatic heterocycles. The lowest BCUT2D eigenvalue weighted by Gasteiger charge is -2.14. The Balaban J connectivity index is 2.36. The first-order valence-electron chi connectivity index (χ1n) is 4.88. The van der Waals surface area contributed by atoms with Crippen molar-refractivity contribution >= 4 is 17.0 Å². The van der Waals surface area contributed by atoms with Gasteiger partial charge in [-0.25, -0.2) is 9.78 Å². The molecule has 0 aromatic carbocycles. The summed E-state index contributed by atoms with van der Waals surface area (Å²) in [6.07, 6.45) is -1.55. The van der Waals surface area contributed by atoms with E-state index >= 15 is 0 Å². The molecule has 0 saturated carbocycles. The van der Waals surface area contributed by atoms with Crippen molar-refractivity contribution in [2.75, 3.05) is 7.11 Å². The number of aromatic amines is 1. The Morgan fingerprint density at radius 3 is 3.00 bits per heavy atom. The molecule has 2 unspecified atom stereocenters. The molecule has 2 atom stereocenters. The predicted octanol–water partition coefficient (Wildman–Crippen LogP) is -0.475. The molecule has 17 heavy (non-hydrogen) atoms. The third-order valence-corrected chi connectivity index (χ3v) is 2.40. The largest absolute Gasteiger partial charge is 0.467 e. The van der Waals surface area contributed by atoms with Crippen molar-refractivity contribution < 1.29 is 19.7 Å². The molecule has 90 valence electrons. The van der Waals surface area contributed by atoms with Crippen LogP contribution < -0.4 is 0 Å². The summed E-state index contributed by atoms with van der Waals surface area (Å²) >= 11 is 0. The Labute approximate surface area is 96.1 Å². The number of aliphatic hydroxyl groups is 2. The van der Waals surface area contributed by atoms with Gasteiger partial charge in [0.2, 0.25) is 0 Å². The first-order valence-corrected chi connectivity index (χ1v) is 4.88. The minimum absolute atomic E-state index is 0.228. The normalized spacial score (nSPS) is 14.5. The van der Waals surface area contributed by atoms with Crippen LogP contribution in [0.15, 0.2) is 18.3 Å². The fraction of sp³-hybridized carbons (Fsp3) is 0.300. The van der Waals surface area contributed by atoms with Crippen LogP contribution in [0.25, 0.3) is 11.0 Å². The van der Waals surface area contributed by atoms with Crippen LogP contribution in [0.5, 0.6) is 0 Å². The fourth-order valence-electron chi connectivity index (χ4n) is 1.50. The molecule has 0 aliphatic heterocycles. The van der Waals surface area contributed by atoms with Crippen molar-refractivity contribution in [1.82, 2.24) is 15.2 Å². The lowest BCUT2D eigenvalue weighted by Crippen LogP contribution is -2.29. The highest BCUT2D eigenvalue weighted by Gasteiger charge is 2.29. The van der Waals surface area contributed by atoms with Crippen LogP contribution in [-0.4, -0.2) is 44.6 Å². The van der Waals surface area contributed by atoms with Crippen LogP contribution in [0.1, 0.15) is 11.8 Å². The van der Waals surface area contributed by atoms with Gasteiger partial charge < -0.3 is 14.9 Å². The van der Waals surface area contributed by atoms with Gasteiger partial charge >= 0.3 is 5.97 Å². The Hall–Kier alpha value is -1.99. The van der Waals surface area contributed by atoms with E-state index in [-0.39, 0.29) is 5.69 Å². The zero-order valence-electron chi connectivity index (χ0n) is 8.99. The topological polar surface area (TPSA) is 108 Å². The van der Waals surface area contributed by atoms with Gasteiger partial charge in [-0.15, -0.1) is 0 Å². The zero-order chi connectivity index (χ0) is 12.4. The highest BCUT2D eigenvalue weighted by molar-refractivity contribution is 5.80. The molecule has 3 N–H and O–H groups in total. The highest BCUT2D eigenvalue weighted by atomic mass is 16.5. The lowest BCUT2D eigenvalue weighted by molar-refractivity contribution is -0.156. The van der Waals surface area contributed by atoms with E-state index in [2.05, 4.69) is 19.9 Å². The van der Waals surface area contributed by atoms with Crippen LogP contribution >= 0.6 is 0 Å². The summed E-state index contributed by atoms with van der Waals surface area (Å²) in [5, 5.41) is 26.3. The van der Waals surface area contributed by atoms with E-state index < -0.39 is 18.2 Å². The monoisotopic (exact) mass is 237 g/mol. The Morgan fingerprint density at radius 1 is 1.53 bits per heavy atom. The second kappa shape index (κ2) is 4.48. The van der Waals surface area contributed by atoms with Gasteiger partial charge in [-0.1, -0.05) is 0 Å². The number of esters is 1. The molecule has 0 fully saturated rings. The molecular weight excluding hydrogens is 226 g/mol. The van der Waals surface area contributed by atoms with E-state index in [0.29, 0.717) is 11.0 Å². The van der Waals surface area contributed by atoms with Crippen LogP contribution in [0.2, 0.25) is 0 Å². The number of pyridine rings is 1. The van der Waals surface area contributed by atoms with Crippen molar-refractivity contribution in [1.29, 1.82) is 0 Å². The quantitative estimate of drug-likeness (QED) is 0.622. The number of fused-ring (bicyclic) bond motifs is 1. The lowest BCUT2D eigenvalue weighted by atomic mass is 10.1. The van der Waals surface area contributed by atoms with Crippen LogP contribution in [0, 0.1) is 0 Å². The van der Waals surface area contributed by atoms with Gasteiger partial charge in [0.05, 0.1) is 12.8 Å². The number of aromatic nitrogens is 3. The predicted molar refractivity (Wildman–Crippen MR) is 56.9 cm³/mol. The molecule has 0 aliphatic rings. The molecule has 2 rings (SSSR count). The molecule has 0 saturated heterocycles. The van der Waals surface area contributed by atoms with Gasteiger partial charge in [-0.2, -0.15) is 5.10 Å². The SMILES string of the molecule is COC(=O)C(O)C(O)c1[nH]nc2ncccc12. The first-order chi connectivity index (χ1) is 8.15. The van der Waals surface area contributed by atoms with Crippen LogP contribution in [0.4, 0.5) is 0 Å². The maximum Gasteiger partial charge on any atom is 0.337 e. The van der Waals surface area contributed by atoms with E-state index in [1.165, 1.54) is 0 Å². The van der Waals surface area contributed by atoms with E-state index in [0.717, 1.165) is 7.11 Å². The van der Waals surface area contributed by atoms with Gasteiger partial charge in [0.25, 0.3) is 0 Å². The summed E-state index contributed by atoms with van der Waals surface area (Å²) in [5.74, 6) is -0.913. The van der Waals surface area contributed by atoms with Crippen molar-refractivity contribution in [2.45, 2.75) is 12.2 Å². The number of nitrogens with zero attached hydrogens (tertiary/aromatic N) is 2. The minimum Gasteiger partial charge on any atom is -0.467 e. The highest BCUT2D eigenvalue weighted by Crippen LogP contribution is 2.22. The molecule has 0 radical (unpaired) electrons. The summed E-state index contributed by atoms with van der Waals surface area (Å²) < 4.78 is 4.34. The number of hydrogen-bond donors (Lipinski definition) is 3. The van der Waals surface area contributed by atoms with Crippen molar-refractivity contribution in [3.05, 3.63) is 24.0 Å². The standard InChI is InChI=1S/C10H11N3O4/c1-17-10(16)8(15)7(14)6-5-3-2-4-11-9(5)13-12-6/h2-4,7-8,14-15H,1H3,(H,11,12,13). The number of ether oxygens (including phenoxy) is 1. The smallest absolute Gasteiger partial charge is 0.337 e. The zero-order valence-corrected chi connectivity index (χ0v) is 8.99. The molecule has 0 bridgehead atoms. The summed E-state index contributed by atoms with van der Waals surface area (Å²) in [4.78, 5) is 15.1. The number of carbonyl (C=O) groups is 1. The molecule has 7 nitrogen and oxygen atoms in total. The molecule has 0 amide bonds. The van der Waals surface area contributed by atoms with Crippen molar-refractivity contribution in [2.24, 2.45) is 0 Å². The number of rotatable bonds is 3. The summed E-state index contributed by atoms with van der Waals surface area (Å²) in [5.41, 5.74) is 0.629. The van der Waals surface area contributed by atoms with E-state index in [9.17, 15) is 15.0 Å². The van der Waals surface area contributed by atoms with E-state index in [1.54, 1.807) is 18.3 Å². The molecule has 2 heterocycles. The Morgan fingerprint density at radius 2 is 2.29 bits per heavy atom. The first kappa shape index (κ1) is 11.5. The second-order valence-electron chi connectivity index (χ2n) is 3.42. The average Bonchev–Trinajstić information content (AvgIpc) is 2.79. The molecule has 7 heteroatoms. The molecular formula is C10H11N3O4. The minimum atomic E-state index is -1.66. The summed E-state index contributed by atoms with van der Waals surface area (Å²) in [7, 11) is 1.13. The molecule has 0 aliphatic carbocycles. The Bertz CT molecular complexity index is 539. The number of carbonyl (C=O) groups excluding carboxylic acids is 1. The number of nitrogens with one attached hydrogen (secondary N) is 1. The Kier molecular flexibility index (Phi) is 3.03. The van der Waals surface area contributed by atoms with Crippen molar-refractivity contribution in [3.63, 3.8) is 0 Å². The third kappa shape index (κ3) is 1.97. The summed E-state index contributed by atoms with van der Waals surface area (Å²) in [6, 6.07) is 3.34. The number of aliphatic hydroxyl groups excluding tert-OH is 2. The van der Waals surface area contributed by atoms with Gasteiger partial charge in [-0.05, 0) is 12.1 Å². The molecule has 2 aromatic rings. The molecule has 0 spiro atoms. The van der Waals surface area contributed by atoms with Gasteiger partial charge in [0.1, 0.15) is 6.10 Å². The van der Waals surface area contributed by atoms with Gasteiger partial charge in [-0.3, -0.25) is 5.10 Å². The summed E-state index contributed by atoms with van der Waals surface area (Å²) in [6.45, 7) is 0. The van der Waals surface area contributed by atoms with Gasteiger partial charge in [0.15, 0.2) is 11.8 Å². The van der Waals surface area contributed by atoms with Gasteiger partial charge in [0, 0.05) is 11.6 Å². The third-order valence-electron chi connectivity index (χ3n) is 2.40. The number of H-pyrrole nitrogens is 1. The fourth-order valence-corrected chi connectivity index (χ4v) is 1.50. The average molecular weight is 237 g/mol. The second-order valence-corrected chi connectivity index (χ2v) is 3.42. The van der Waals surface area contributed by atoms with E-state index in [1.807, 2.05) is 0 Å². The van der Waals surface area contributed by atoms with Crippen LogP contribution in [0.3, 0.4) is 0 Å². The number of methoxy groups -OCH3 is 1. The van der Waals surface area contributed by atoms with Crippen molar-refractivity contribution in [3.8, 4) is 0 Å². The van der Waals surface area contributed by atoms with E-state index in [4.69, 9.17) is 0 Å². The number of hydrogen-bond acceptors (Lipinski definition) is 6. The van der Waals surface area contributed by atoms with Crippen LogP contribution in [-0.2, 0) is 9.53 Å².